The quantitative estimate of drug-likeness (QED) is 0.666. The molecule has 3 heterocycles. The summed E-state index contributed by atoms with van der Waals surface area (Å²) >= 11 is 0. The number of aryl methyl sites for hydroxylation is 2. The van der Waals surface area contributed by atoms with Crippen LogP contribution >= 0.6 is 0 Å². The van der Waals surface area contributed by atoms with E-state index in [1.807, 2.05) is 6.92 Å². The molecule has 0 bridgehead atoms. The van der Waals surface area contributed by atoms with Crippen molar-refractivity contribution in [3.05, 3.63) is 52.5 Å². The zero-order valence-corrected chi connectivity index (χ0v) is 16.0. The van der Waals surface area contributed by atoms with Gasteiger partial charge in [-0.05, 0) is 50.2 Å². The Morgan fingerprint density at radius 2 is 2.11 bits per heavy atom. The second-order valence-corrected chi connectivity index (χ2v) is 7.13. The van der Waals surface area contributed by atoms with Crippen LogP contribution in [-0.2, 0) is 25.7 Å². The van der Waals surface area contributed by atoms with Crippen LogP contribution in [0.15, 0.2) is 18.5 Å². The molecule has 1 amide bonds. The van der Waals surface area contributed by atoms with Crippen molar-refractivity contribution >= 4 is 11.6 Å². The van der Waals surface area contributed by atoms with Gasteiger partial charge in [-0.25, -0.2) is 19.5 Å². The van der Waals surface area contributed by atoms with E-state index in [9.17, 15) is 4.79 Å². The minimum atomic E-state index is -0.246. The molecule has 0 radical (unpaired) electrons. The van der Waals surface area contributed by atoms with Gasteiger partial charge in [0, 0.05) is 49.4 Å². The predicted octanol–water partition coefficient (Wildman–Crippen LogP) is 1.21. The molecule has 8 nitrogen and oxygen atoms in total. The number of hydrogen-bond donors (Lipinski definition) is 2. The van der Waals surface area contributed by atoms with Crippen molar-refractivity contribution in [2.45, 2.75) is 45.4 Å². The van der Waals surface area contributed by atoms with E-state index in [-0.39, 0.29) is 12.5 Å². The van der Waals surface area contributed by atoms with Crippen LogP contribution in [0.25, 0.3) is 5.65 Å². The van der Waals surface area contributed by atoms with Crippen LogP contribution in [0.3, 0.4) is 0 Å². The molecule has 2 N–H and O–H groups in total. The Balaban J connectivity index is 1.39. The minimum absolute atomic E-state index is 0.0477. The second-order valence-electron chi connectivity index (χ2n) is 7.13. The maximum atomic E-state index is 12.4. The number of rotatable bonds is 6. The fraction of sp³-hybridized carbons (Fsp3) is 0.450. The van der Waals surface area contributed by atoms with Gasteiger partial charge in [-0.3, -0.25) is 4.79 Å². The third kappa shape index (κ3) is 3.87. The molecule has 0 spiro atoms. The minimum Gasteiger partial charge on any atom is -0.396 e. The SMILES string of the molecule is Cc1nc(CCNC(=O)c2cc3ncc(CCO)cn3n2)nc2c1CCCC2. The number of nitrogens with one attached hydrogen (secondary N) is 1. The molecule has 28 heavy (non-hydrogen) atoms. The standard InChI is InChI=1S/C20H24N6O2/c1-13-15-4-2-3-5-16(15)24-18(23-13)6-8-21-20(28)17-10-19-22-11-14(7-9-27)12-26(19)25-17/h10-12,27H,2-9H2,1H3,(H,21,28). The average molecular weight is 380 g/mol. The monoisotopic (exact) mass is 380 g/mol. The molecule has 0 aliphatic heterocycles. The van der Waals surface area contributed by atoms with Crippen molar-refractivity contribution in [2.75, 3.05) is 13.2 Å². The van der Waals surface area contributed by atoms with Gasteiger partial charge < -0.3 is 10.4 Å². The Kier molecular flexibility index (Phi) is 5.29. The molecule has 0 unspecified atom stereocenters. The number of amides is 1. The third-order valence-corrected chi connectivity index (χ3v) is 5.07. The summed E-state index contributed by atoms with van der Waals surface area (Å²) in [6.07, 6.45) is 9.04. The molecule has 3 aromatic heterocycles. The number of aromatic nitrogens is 5. The highest BCUT2D eigenvalue weighted by Crippen LogP contribution is 2.21. The number of carbonyl (C=O) groups is 1. The van der Waals surface area contributed by atoms with E-state index in [0.29, 0.717) is 30.7 Å². The highest BCUT2D eigenvalue weighted by atomic mass is 16.3. The maximum Gasteiger partial charge on any atom is 0.271 e. The van der Waals surface area contributed by atoms with Gasteiger partial charge in [-0.2, -0.15) is 5.10 Å². The van der Waals surface area contributed by atoms with E-state index in [0.717, 1.165) is 29.9 Å². The lowest BCUT2D eigenvalue weighted by atomic mass is 9.95. The van der Waals surface area contributed by atoms with Crippen molar-refractivity contribution in [1.82, 2.24) is 29.9 Å². The topological polar surface area (TPSA) is 105 Å². The predicted molar refractivity (Wildman–Crippen MR) is 103 cm³/mol. The fourth-order valence-electron chi connectivity index (χ4n) is 3.62. The summed E-state index contributed by atoms with van der Waals surface area (Å²) in [6.45, 7) is 2.54. The van der Waals surface area contributed by atoms with Crippen LogP contribution in [0.1, 0.15) is 51.7 Å². The van der Waals surface area contributed by atoms with Crippen molar-refractivity contribution in [2.24, 2.45) is 0 Å². The Bertz CT molecular complexity index is 1010. The zero-order chi connectivity index (χ0) is 19.5. The highest BCUT2D eigenvalue weighted by Gasteiger charge is 2.16. The second kappa shape index (κ2) is 8.02. The molecule has 0 saturated heterocycles. The summed E-state index contributed by atoms with van der Waals surface area (Å²) in [7, 11) is 0. The summed E-state index contributed by atoms with van der Waals surface area (Å²) < 4.78 is 1.57. The first-order valence-corrected chi connectivity index (χ1v) is 9.72. The molecular formula is C20H24N6O2. The Labute approximate surface area is 163 Å². The largest absolute Gasteiger partial charge is 0.396 e. The van der Waals surface area contributed by atoms with E-state index in [1.165, 1.54) is 24.1 Å². The summed E-state index contributed by atoms with van der Waals surface area (Å²) in [6, 6.07) is 1.65. The van der Waals surface area contributed by atoms with E-state index in [1.54, 1.807) is 23.0 Å². The summed E-state index contributed by atoms with van der Waals surface area (Å²) in [5.74, 6) is 0.535. The van der Waals surface area contributed by atoms with Crippen LogP contribution < -0.4 is 5.32 Å². The first-order valence-electron chi connectivity index (χ1n) is 9.72. The van der Waals surface area contributed by atoms with Gasteiger partial charge in [0.1, 0.15) is 5.82 Å². The first-order chi connectivity index (χ1) is 13.6. The molecule has 8 heteroatoms. The number of nitrogens with zero attached hydrogens (tertiary/aromatic N) is 5. The number of aliphatic hydroxyl groups excluding tert-OH is 1. The smallest absolute Gasteiger partial charge is 0.271 e. The van der Waals surface area contributed by atoms with E-state index in [2.05, 4.69) is 20.4 Å². The van der Waals surface area contributed by atoms with Crippen LogP contribution in [0.4, 0.5) is 0 Å². The lowest BCUT2D eigenvalue weighted by Gasteiger charge is -2.17. The average Bonchev–Trinajstić information content (AvgIpc) is 3.12. The van der Waals surface area contributed by atoms with Crippen molar-refractivity contribution in [3.8, 4) is 0 Å². The number of carbonyl (C=O) groups excluding carboxylic acids is 1. The normalized spacial score (nSPS) is 13.5. The van der Waals surface area contributed by atoms with Gasteiger partial charge in [-0.15, -0.1) is 0 Å². The Hall–Kier alpha value is -2.87. The Morgan fingerprint density at radius 3 is 2.96 bits per heavy atom. The lowest BCUT2D eigenvalue weighted by molar-refractivity contribution is 0.0948. The Morgan fingerprint density at radius 1 is 1.25 bits per heavy atom. The third-order valence-electron chi connectivity index (χ3n) is 5.07. The lowest BCUT2D eigenvalue weighted by Crippen LogP contribution is -2.27. The van der Waals surface area contributed by atoms with Gasteiger partial charge in [0.2, 0.25) is 0 Å². The van der Waals surface area contributed by atoms with E-state index in [4.69, 9.17) is 10.1 Å². The van der Waals surface area contributed by atoms with Crippen LogP contribution in [0, 0.1) is 6.92 Å². The summed E-state index contributed by atoms with van der Waals surface area (Å²) in [4.78, 5) is 26.0. The molecule has 146 valence electrons. The molecular weight excluding hydrogens is 356 g/mol. The molecule has 0 atom stereocenters. The van der Waals surface area contributed by atoms with Crippen LogP contribution in [0.5, 0.6) is 0 Å². The molecule has 0 aromatic carbocycles. The fourth-order valence-corrected chi connectivity index (χ4v) is 3.62. The summed E-state index contributed by atoms with van der Waals surface area (Å²) in [5.41, 5.74) is 5.32. The van der Waals surface area contributed by atoms with Gasteiger partial charge in [0.15, 0.2) is 11.3 Å². The van der Waals surface area contributed by atoms with E-state index >= 15 is 0 Å². The molecule has 3 aromatic rings. The molecule has 0 saturated carbocycles. The highest BCUT2D eigenvalue weighted by molar-refractivity contribution is 5.93. The molecule has 0 fully saturated rings. The number of fused-ring (bicyclic) bond motifs is 2. The van der Waals surface area contributed by atoms with Crippen molar-refractivity contribution in [3.63, 3.8) is 0 Å². The zero-order valence-electron chi connectivity index (χ0n) is 16.0. The molecule has 4 rings (SSSR count). The molecule has 1 aliphatic carbocycles. The van der Waals surface area contributed by atoms with Gasteiger partial charge in [-0.1, -0.05) is 0 Å². The maximum absolute atomic E-state index is 12.4. The van der Waals surface area contributed by atoms with Gasteiger partial charge in [0.05, 0.1) is 0 Å². The number of aliphatic hydroxyl groups is 1. The van der Waals surface area contributed by atoms with Crippen LogP contribution in [-0.4, -0.2) is 48.7 Å². The first kappa shape index (κ1) is 18.5. The van der Waals surface area contributed by atoms with Crippen molar-refractivity contribution in [1.29, 1.82) is 0 Å². The van der Waals surface area contributed by atoms with Crippen LogP contribution in [0.2, 0.25) is 0 Å². The van der Waals surface area contributed by atoms with E-state index < -0.39 is 0 Å². The van der Waals surface area contributed by atoms with Gasteiger partial charge >= 0.3 is 0 Å². The van der Waals surface area contributed by atoms with Gasteiger partial charge in [0.25, 0.3) is 5.91 Å². The molecule has 1 aliphatic rings. The van der Waals surface area contributed by atoms with Crippen molar-refractivity contribution < 1.29 is 9.90 Å². The number of hydrogen-bond acceptors (Lipinski definition) is 6. The summed E-state index contributed by atoms with van der Waals surface area (Å²) in [5, 5.41) is 16.2.